The number of unbranched alkanes of at least 4 members (excludes halogenated alkanes) is 1. The molecule has 1 rings (SSSR count). The van der Waals surface area contributed by atoms with E-state index in [1.54, 1.807) is 65.8 Å². The summed E-state index contributed by atoms with van der Waals surface area (Å²) in [7, 11) is 0. The van der Waals surface area contributed by atoms with Gasteiger partial charge in [-0.25, -0.2) is 0 Å². The molecule has 1 aromatic carbocycles. The van der Waals surface area contributed by atoms with Crippen molar-refractivity contribution in [2.24, 2.45) is 23.0 Å². The van der Waals surface area contributed by atoms with Crippen molar-refractivity contribution in [2.45, 2.75) is 156 Å². The van der Waals surface area contributed by atoms with Gasteiger partial charge in [-0.15, -0.1) is 0 Å². The number of carbonyl (C=O) groups excluding carboxylic acids is 8. The van der Waals surface area contributed by atoms with E-state index in [0.29, 0.717) is 18.4 Å². The van der Waals surface area contributed by atoms with Gasteiger partial charge in [-0.2, -0.15) is 0 Å². The maximum absolute atomic E-state index is 14.3. The van der Waals surface area contributed by atoms with Crippen molar-refractivity contribution in [3.63, 3.8) is 0 Å². The van der Waals surface area contributed by atoms with Crippen LogP contribution in [0.1, 0.15) is 118 Å². The zero-order chi connectivity index (χ0) is 47.5. The first-order valence-corrected chi connectivity index (χ1v) is 20.9. The van der Waals surface area contributed by atoms with Crippen LogP contribution in [0.25, 0.3) is 0 Å². The highest BCUT2D eigenvalue weighted by Crippen LogP contribution is 2.21. The van der Waals surface area contributed by atoms with E-state index in [9.17, 15) is 53.1 Å². The fraction of sp³-hybridized carbons (Fsp3) is 0.628. The molecule has 6 atom stereocenters. The lowest BCUT2D eigenvalue weighted by atomic mass is 9.85. The summed E-state index contributed by atoms with van der Waals surface area (Å²) in [5.41, 5.74) is 5.63. The monoisotopic (exact) mass is 873 g/mol. The minimum atomic E-state index is -1.53. The molecule has 0 saturated carbocycles. The van der Waals surface area contributed by atoms with Crippen molar-refractivity contribution < 1.29 is 58.2 Å². The van der Waals surface area contributed by atoms with Crippen LogP contribution in [0.2, 0.25) is 0 Å². The molecule has 62 heavy (non-hydrogen) atoms. The Bertz CT molecular complexity index is 1770. The first-order valence-electron chi connectivity index (χ1n) is 20.9. The Morgan fingerprint density at radius 3 is 1.69 bits per heavy atom. The van der Waals surface area contributed by atoms with Crippen LogP contribution in [-0.2, 0) is 54.4 Å². The maximum Gasteiger partial charge on any atom is 0.303 e. The van der Waals surface area contributed by atoms with Crippen molar-refractivity contribution in [3.8, 4) is 0 Å². The lowest BCUT2D eigenvalue weighted by Gasteiger charge is -2.34. The van der Waals surface area contributed by atoms with E-state index in [1.165, 1.54) is 0 Å². The van der Waals surface area contributed by atoms with Gasteiger partial charge in [-0.1, -0.05) is 92.5 Å². The van der Waals surface area contributed by atoms with E-state index in [4.69, 9.17) is 10.8 Å². The van der Waals surface area contributed by atoms with Crippen LogP contribution in [0.5, 0.6) is 0 Å². The van der Waals surface area contributed by atoms with Gasteiger partial charge < -0.3 is 47.8 Å². The third-order valence-corrected chi connectivity index (χ3v) is 9.91. The number of nitrogens with two attached hydrogens (primary N) is 1. The van der Waals surface area contributed by atoms with Crippen molar-refractivity contribution in [1.82, 2.24) is 31.9 Å². The number of carboxylic acids is 2. The van der Waals surface area contributed by atoms with Crippen LogP contribution < -0.4 is 37.6 Å². The third-order valence-electron chi connectivity index (χ3n) is 9.91. The summed E-state index contributed by atoms with van der Waals surface area (Å²) in [6.07, 6.45) is -0.573. The number of primary amides is 1. The molecule has 10 N–H and O–H groups in total. The van der Waals surface area contributed by atoms with Crippen LogP contribution in [0, 0.1) is 24.2 Å². The number of Topliss-reactive ketones (excluding diaryl/α,β-unsaturated/α-hetero) is 1. The van der Waals surface area contributed by atoms with E-state index in [0.717, 1.165) is 5.56 Å². The molecule has 19 nitrogen and oxygen atoms in total. The number of aryl methyl sites for hydroxylation is 1. The third kappa shape index (κ3) is 19.2. The summed E-state index contributed by atoms with van der Waals surface area (Å²) in [5.74, 6) is -10.2. The Balaban J connectivity index is 3.57. The number of carboxylic acid groups (broad SMARTS) is 2. The predicted octanol–water partition coefficient (Wildman–Crippen LogP) is 1.17. The summed E-state index contributed by atoms with van der Waals surface area (Å²) in [5, 5.41) is 34.0. The van der Waals surface area contributed by atoms with Gasteiger partial charge in [0.25, 0.3) is 5.91 Å². The largest absolute Gasteiger partial charge is 0.481 e. The molecule has 0 unspecified atom stereocenters. The quantitative estimate of drug-likeness (QED) is 0.0563. The van der Waals surface area contributed by atoms with Gasteiger partial charge >= 0.3 is 11.9 Å². The number of rotatable bonds is 27. The van der Waals surface area contributed by atoms with E-state index in [2.05, 4.69) is 31.9 Å². The summed E-state index contributed by atoms with van der Waals surface area (Å²) in [6, 6.07) is -0.893. The Morgan fingerprint density at radius 2 is 1.18 bits per heavy atom. The Hall–Kier alpha value is -5.88. The second-order valence-electron chi connectivity index (χ2n) is 17.3. The second-order valence-corrected chi connectivity index (χ2v) is 17.3. The predicted molar refractivity (Wildman–Crippen MR) is 228 cm³/mol. The van der Waals surface area contributed by atoms with Gasteiger partial charge in [-0.05, 0) is 54.6 Å². The SMILES string of the molecule is CCCC[C@H](NC(=O)[C@H](CC(C)C)NC(=O)[C@@H](NC(=O)[C@H](Cc1ccccc1C)NC(=O)[C@H](CCC(=O)O)NC(=O)[C@H](NC(=O)CCC(=O)O)C(C)C)C(C)(C)C)C(=O)C(N)=O. The lowest BCUT2D eigenvalue weighted by Crippen LogP contribution is -2.62. The highest BCUT2D eigenvalue weighted by molar-refractivity contribution is 6.37. The molecule has 346 valence electrons. The van der Waals surface area contributed by atoms with Crippen molar-refractivity contribution in [2.75, 3.05) is 0 Å². The van der Waals surface area contributed by atoms with Crippen molar-refractivity contribution in [1.29, 1.82) is 0 Å². The molecule has 7 amide bonds. The number of hydrogen-bond donors (Lipinski definition) is 9. The molecule has 0 aliphatic rings. The van der Waals surface area contributed by atoms with Crippen LogP contribution >= 0.6 is 0 Å². The van der Waals surface area contributed by atoms with Crippen LogP contribution in [-0.4, -0.2) is 106 Å². The molecule has 0 aliphatic heterocycles. The van der Waals surface area contributed by atoms with Gasteiger partial charge in [-0.3, -0.25) is 47.9 Å². The number of hydrogen-bond acceptors (Lipinski definition) is 10. The maximum atomic E-state index is 14.3. The molecular formula is C43H67N7O12. The van der Waals surface area contributed by atoms with Gasteiger partial charge in [0.1, 0.15) is 30.2 Å². The number of carbonyl (C=O) groups is 10. The molecule has 1 aromatic rings. The fourth-order valence-corrected chi connectivity index (χ4v) is 6.34. The average Bonchev–Trinajstić information content (AvgIpc) is 3.16. The zero-order valence-corrected chi connectivity index (χ0v) is 37.3. The number of ketones is 1. The lowest BCUT2D eigenvalue weighted by molar-refractivity contribution is -0.140. The molecule has 19 heteroatoms. The second kappa shape index (κ2) is 25.8. The summed E-state index contributed by atoms with van der Waals surface area (Å²) < 4.78 is 0. The van der Waals surface area contributed by atoms with Gasteiger partial charge in [0, 0.05) is 19.3 Å². The molecule has 0 spiro atoms. The fourth-order valence-electron chi connectivity index (χ4n) is 6.34. The molecule has 0 aliphatic carbocycles. The minimum absolute atomic E-state index is 0.109. The molecule has 0 saturated heterocycles. The highest BCUT2D eigenvalue weighted by atomic mass is 16.4. The Labute approximate surface area is 363 Å². The molecule has 0 fully saturated rings. The van der Waals surface area contributed by atoms with Crippen molar-refractivity contribution >= 4 is 59.1 Å². The first-order chi connectivity index (χ1) is 28.8. The number of nitrogens with one attached hydrogen (secondary N) is 6. The standard InChI is InChI=1S/C43H67N7O12/c1-10-11-16-27(35(56)37(44)57)45-39(59)29(21-23(2)3)48-42(62)36(43(7,8)9)50-40(60)30(22-26-15-13-12-14-25(26)6)47-38(58)28(17-19-32(52)53)46-41(61)34(24(4)5)49-31(51)18-20-33(54)55/h12-15,23-24,27-30,34,36H,10-11,16-22H2,1-9H3,(H2,44,57)(H,45,59)(H,46,61)(H,47,58)(H,48,62)(H,49,51)(H,50,60)(H,52,53)(H,54,55)/t27-,28-,29-,30-,34+,36+/m0/s1. The summed E-state index contributed by atoms with van der Waals surface area (Å²) >= 11 is 0. The number of aliphatic carboxylic acids is 2. The molecular weight excluding hydrogens is 807 g/mol. The molecule has 0 bridgehead atoms. The number of benzene rings is 1. The number of amides is 7. The highest BCUT2D eigenvalue weighted by Gasteiger charge is 2.39. The van der Waals surface area contributed by atoms with E-state index >= 15 is 0 Å². The summed E-state index contributed by atoms with van der Waals surface area (Å²) in [6.45, 7) is 15.5. The molecule has 0 heterocycles. The average molecular weight is 874 g/mol. The van der Waals surface area contributed by atoms with E-state index in [-0.39, 0.29) is 25.2 Å². The van der Waals surface area contributed by atoms with E-state index < -0.39 is 132 Å². The summed E-state index contributed by atoms with van der Waals surface area (Å²) in [4.78, 5) is 129. The van der Waals surface area contributed by atoms with Crippen LogP contribution in [0.4, 0.5) is 0 Å². The van der Waals surface area contributed by atoms with Gasteiger partial charge in [0.05, 0.1) is 12.5 Å². The first kappa shape index (κ1) is 54.1. The van der Waals surface area contributed by atoms with Gasteiger partial charge in [0.15, 0.2) is 0 Å². The Morgan fingerprint density at radius 1 is 0.645 bits per heavy atom. The Kier molecular flexibility index (Phi) is 22.5. The smallest absolute Gasteiger partial charge is 0.303 e. The topological polar surface area (TPSA) is 309 Å². The van der Waals surface area contributed by atoms with E-state index in [1.807, 2.05) is 20.8 Å². The van der Waals surface area contributed by atoms with Crippen LogP contribution in [0.3, 0.4) is 0 Å². The van der Waals surface area contributed by atoms with Crippen LogP contribution in [0.15, 0.2) is 24.3 Å². The molecule has 0 aromatic heterocycles. The minimum Gasteiger partial charge on any atom is -0.481 e. The molecule has 0 radical (unpaired) electrons. The zero-order valence-electron chi connectivity index (χ0n) is 37.3. The van der Waals surface area contributed by atoms with Gasteiger partial charge in [0.2, 0.25) is 41.2 Å². The van der Waals surface area contributed by atoms with Crippen molar-refractivity contribution in [3.05, 3.63) is 35.4 Å². The normalized spacial score (nSPS) is 14.2.